The van der Waals surface area contributed by atoms with Crippen molar-refractivity contribution in [2.45, 2.75) is 61.6 Å². The quantitative estimate of drug-likeness (QED) is 0.585. The zero-order chi connectivity index (χ0) is 23.4. The van der Waals surface area contributed by atoms with Gasteiger partial charge in [-0.3, -0.25) is 9.69 Å². The number of rotatable bonds is 9. The minimum atomic E-state index is -0.0177. The lowest BCUT2D eigenvalue weighted by Gasteiger charge is -2.38. The average Bonchev–Trinajstić information content (AvgIpc) is 2.73. The number of hydrogen-bond acceptors (Lipinski definition) is 4. The normalized spacial score (nSPS) is 15.7. The van der Waals surface area contributed by atoms with Crippen molar-refractivity contribution in [3.63, 3.8) is 0 Å². The third-order valence-corrected chi connectivity index (χ3v) is 5.19. The Morgan fingerprint density at radius 3 is 2.06 bits per heavy atom. The van der Waals surface area contributed by atoms with Crippen molar-refractivity contribution in [2.75, 3.05) is 45.8 Å². The first kappa shape index (κ1) is 27.5. The second-order valence-corrected chi connectivity index (χ2v) is 9.71. The Morgan fingerprint density at radius 2 is 1.55 bits per heavy atom. The Morgan fingerprint density at radius 1 is 1.03 bits per heavy atom. The predicted molar refractivity (Wildman–Crippen MR) is 128 cm³/mol. The van der Waals surface area contributed by atoms with Crippen molar-refractivity contribution in [2.24, 2.45) is 11.3 Å². The lowest BCUT2D eigenvalue weighted by molar-refractivity contribution is -0.124. The minimum absolute atomic E-state index is 0.0177. The van der Waals surface area contributed by atoms with Gasteiger partial charge in [-0.25, -0.2) is 0 Å². The third kappa shape index (κ3) is 11.6. The Labute approximate surface area is 189 Å². The molecule has 1 aromatic carbocycles. The standard InChI is InChI=1S/C23H39FN4O.C2H6/c1-19(2)22(29)25-16-20-6-8-21(9-7-20)17-28(24)15-14-26-10-12-27(13-11-26)18-23(3,4)5;1-2/h6-9,19H,10-18H2,1-5H3,(H,25,29);1-2H3. The lowest BCUT2D eigenvalue weighted by Crippen LogP contribution is -2.49. The maximum absolute atomic E-state index is 14.3. The van der Waals surface area contributed by atoms with E-state index in [0.717, 1.165) is 55.5 Å². The van der Waals surface area contributed by atoms with Gasteiger partial charge in [0.2, 0.25) is 5.91 Å². The Kier molecular flexibility index (Phi) is 12.3. The molecule has 0 radical (unpaired) electrons. The number of hydrogen-bond donors (Lipinski definition) is 1. The van der Waals surface area contributed by atoms with Crippen LogP contribution in [0.1, 0.15) is 59.6 Å². The van der Waals surface area contributed by atoms with Crippen LogP contribution >= 0.6 is 0 Å². The van der Waals surface area contributed by atoms with Crippen molar-refractivity contribution in [3.05, 3.63) is 35.4 Å². The summed E-state index contributed by atoms with van der Waals surface area (Å²) in [5.74, 6) is 0.0269. The summed E-state index contributed by atoms with van der Waals surface area (Å²) >= 11 is 0. The van der Waals surface area contributed by atoms with Crippen molar-refractivity contribution < 1.29 is 9.28 Å². The van der Waals surface area contributed by atoms with Gasteiger partial charge in [0.1, 0.15) is 0 Å². The number of benzene rings is 1. The van der Waals surface area contributed by atoms with E-state index in [2.05, 4.69) is 35.9 Å². The summed E-state index contributed by atoms with van der Waals surface area (Å²) in [6.45, 7) is 21.8. The number of amides is 1. The smallest absolute Gasteiger partial charge is 0.222 e. The molecule has 178 valence electrons. The van der Waals surface area contributed by atoms with Crippen LogP contribution in [0, 0.1) is 11.3 Å². The summed E-state index contributed by atoms with van der Waals surface area (Å²) in [6.07, 6.45) is 0. The van der Waals surface area contributed by atoms with Gasteiger partial charge < -0.3 is 10.2 Å². The molecule has 6 heteroatoms. The van der Waals surface area contributed by atoms with Crippen LogP contribution in [-0.4, -0.2) is 66.6 Å². The molecule has 0 bridgehead atoms. The Bertz CT molecular complexity index is 619. The van der Waals surface area contributed by atoms with E-state index in [9.17, 15) is 9.28 Å². The number of nitrogens with one attached hydrogen (secondary N) is 1. The van der Waals surface area contributed by atoms with Crippen LogP contribution in [0.15, 0.2) is 24.3 Å². The van der Waals surface area contributed by atoms with Crippen molar-refractivity contribution in [1.82, 2.24) is 20.2 Å². The van der Waals surface area contributed by atoms with E-state index < -0.39 is 0 Å². The van der Waals surface area contributed by atoms with E-state index in [4.69, 9.17) is 0 Å². The van der Waals surface area contributed by atoms with Gasteiger partial charge >= 0.3 is 0 Å². The summed E-state index contributed by atoms with van der Waals surface area (Å²) < 4.78 is 14.3. The number of nitrogens with zero attached hydrogens (tertiary/aromatic N) is 3. The van der Waals surface area contributed by atoms with Crippen LogP contribution in [0.3, 0.4) is 0 Å². The fourth-order valence-corrected chi connectivity index (χ4v) is 3.52. The molecule has 1 aliphatic rings. The molecule has 1 fully saturated rings. The lowest BCUT2D eigenvalue weighted by atomic mass is 9.96. The molecule has 1 aliphatic heterocycles. The predicted octanol–water partition coefficient (Wildman–Crippen LogP) is 4.34. The van der Waals surface area contributed by atoms with E-state index in [1.165, 1.54) is 0 Å². The number of carbonyl (C=O) groups excluding carboxylic acids is 1. The van der Waals surface area contributed by atoms with Crippen LogP contribution in [0.4, 0.5) is 4.48 Å². The zero-order valence-corrected chi connectivity index (χ0v) is 20.9. The van der Waals surface area contributed by atoms with Gasteiger partial charge in [0, 0.05) is 58.3 Å². The summed E-state index contributed by atoms with van der Waals surface area (Å²) in [7, 11) is 0. The van der Waals surface area contributed by atoms with Crippen molar-refractivity contribution in [3.8, 4) is 0 Å². The zero-order valence-electron chi connectivity index (χ0n) is 20.9. The highest BCUT2D eigenvalue weighted by Gasteiger charge is 2.21. The van der Waals surface area contributed by atoms with Gasteiger partial charge in [-0.1, -0.05) is 72.7 Å². The van der Waals surface area contributed by atoms with E-state index in [1.807, 2.05) is 52.0 Å². The second-order valence-electron chi connectivity index (χ2n) is 9.71. The van der Waals surface area contributed by atoms with Gasteiger partial charge in [-0.2, -0.15) is 0 Å². The summed E-state index contributed by atoms with van der Waals surface area (Å²) in [5.41, 5.74) is 2.30. The Hall–Kier alpha value is -1.50. The molecule has 0 aromatic heterocycles. The molecular weight excluding hydrogens is 391 g/mol. The highest BCUT2D eigenvalue weighted by Crippen LogP contribution is 2.16. The fraction of sp³-hybridized carbons (Fsp3) is 0.720. The first-order chi connectivity index (χ1) is 14.6. The molecule has 1 N–H and O–H groups in total. The molecule has 1 aromatic rings. The molecule has 31 heavy (non-hydrogen) atoms. The number of piperazine rings is 1. The SMILES string of the molecule is CC.CC(C)C(=O)NCc1ccc(CN(F)CCN2CCN(CC(C)(C)C)CC2)cc1. The largest absolute Gasteiger partial charge is 0.352 e. The third-order valence-electron chi connectivity index (χ3n) is 5.19. The molecule has 1 saturated heterocycles. The number of carbonyl (C=O) groups is 1. The fourth-order valence-electron chi connectivity index (χ4n) is 3.52. The maximum Gasteiger partial charge on any atom is 0.222 e. The van der Waals surface area contributed by atoms with Crippen LogP contribution < -0.4 is 5.32 Å². The van der Waals surface area contributed by atoms with Gasteiger partial charge in [-0.15, -0.1) is 9.60 Å². The highest BCUT2D eigenvalue weighted by molar-refractivity contribution is 5.77. The van der Waals surface area contributed by atoms with Crippen molar-refractivity contribution in [1.29, 1.82) is 0 Å². The highest BCUT2D eigenvalue weighted by atomic mass is 19.2. The average molecular weight is 437 g/mol. The van der Waals surface area contributed by atoms with E-state index in [0.29, 0.717) is 25.0 Å². The van der Waals surface area contributed by atoms with Crippen molar-refractivity contribution >= 4 is 5.91 Å². The molecule has 0 saturated carbocycles. The van der Waals surface area contributed by atoms with E-state index in [1.54, 1.807) is 0 Å². The first-order valence-corrected chi connectivity index (χ1v) is 11.8. The van der Waals surface area contributed by atoms with Crippen LogP contribution in [0.5, 0.6) is 0 Å². The van der Waals surface area contributed by atoms with Gasteiger partial charge in [0.05, 0.1) is 6.54 Å². The van der Waals surface area contributed by atoms with Gasteiger partial charge in [0.25, 0.3) is 0 Å². The molecular formula is C25H45FN4O. The van der Waals surface area contributed by atoms with Crippen LogP contribution in [0.2, 0.25) is 0 Å². The van der Waals surface area contributed by atoms with Gasteiger partial charge in [0.15, 0.2) is 0 Å². The molecule has 0 spiro atoms. The molecule has 0 unspecified atom stereocenters. The second kappa shape index (κ2) is 13.8. The molecule has 2 rings (SSSR count). The monoisotopic (exact) mass is 436 g/mol. The molecule has 5 nitrogen and oxygen atoms in total. The number of halogens is 1. The Balaban J connectivity index is 0.00000233. The maximum atomic E-state index is 14.3. The first-order valence-electron chi connectivity index (χ1n) is 11.8. The minimum Gasteiger partial charge on any atom is -0.352 e. The van der Waals surface area contributed by atoms with Crippen LogP contribution in [-0.2, 0) is 17.9 Å². The van der Waals surface area contributed by atoms with Gasteiger partial charge in [-0.05, 0) is 16.5 Å². The summed E-state index contributed by atoms with van der Waals surface area (Å²) in [6, 6.07) is 7.79. The molecule has 1 amide bonds. The van der Waals surface area contributed by atoms with E-state index >= 15 is 0 Å². The molecule has 0 aliphatic carbocycles. The van der Waals surface area contributed by atoms with Crippen LogP contribution in [0.25, 0.3) is 0 Å². The summed E-state index contributed by atoms with van der Waals surface area (Å²) in [4.78, 5) is 16.5. The summed E-state index contributed by atoms with van der Waals surface area (Å²) in [5, 5.41) is 3.80. The molecule has 0 atom stereocenters. The van der Waals surface area contributed by atoms with E-state index in [-0.39, 0.29) is 11.8 Å². The molecule has 1 heterocycles. The topological polar surface area (TPSA) is 38.8 Å².